The molecular weight excluding hydrogens is 384 g/mol. The summed E-state index contributed by atoms with van der Waals surface area (Å²) in [6.07, 6.45) is 3.64. The van der Waals surface area contributed by atoms with Crippen molar-refractivity contribution >= 4 is 25.7 Å². The van der Waals surface area contributed by atoms with E-state index >= 15 is 0 Å². The molecule has 0 amide bonds. The first-order chi connectivity index (χ1) is 12.8. The Morgan fingerprint density at radius 2 is 1.41 bits per heavy atom. The number of rotatable bonds is 7. The van der Waals surface area contributed by atoms with Crippen LogP contribution in [0.5, 0.6) is 0 Å². The molecule has 1 saturated heterocycles. The van der Waals surface area contributed by atoms with Gasteiger partial charge in [-0.1, -0.05) is 25.5 Å². The van der Waals surface area contributed by atoms with Gasteiger partial charge in [-0.25, -0.2) is 16.8 Å². The summed E-state index contributed by atoms with van der Waals surface area (Å²) in [5, 5.41) is 0. The molecule has 146 valence electrons. The molecule has 3 rings (SSSR count). The number of sulfonamides is 2. The quantitative estimate of drug-likeness (QED) is 0.762. The van der Waals surface area contributed by atoms with Gasteiger partial charge in [-0.15, -0.1) is 0 Å². The molecule has 1 fully saturated rings. The first kappa shape index (κ1) is 19.9. The van der Waals surface area contributed by atoms with Crippen molar-refractivity contribution in [1.29, 1.82) is 0 Å². The van der Waals surface area contributed by atoms with Gasteiger partial charge in [0.25, 0.3) is 10.0 Å². The van der Waals surface area contributed by atoms with Gasteiger partial charge >= 0.3 is 0 Å². The lowest BCUT2D eigenvalue weighted by molar-refractivity contribution is 0.477. The largest absolute Gasteiger partial charge is 0.280 e. The summed E-state index contributed by atoms with van der Waals surface area (Å²) in [5.41, 5.74) is 1.42. The number of aryl methyl sites for hydroxylation is 1. The summed E-state index contributed by atoms with van der Waals surface area (Å²) in [5.74, 6) is 0. The summed E-state index contributed by atoms with van der Waals surface area (Å²) < 4.78 is 54.1. The van der Waals surface area contributed by atoms with Crippen LogP contribution in [-0.2, 0) is 26.5 Å². The van der Waals surface area contributed by atoms with E-state index in [1.165, 1.54) is 28.6 Å². The maximum atomic E-state index is 12.5. The van der Waals surface area contributed by atoms with E-state index in [9.17, 15) is 16.8 Å². The number of hydrogen-bond donors (Lipinski definition) is 1. The van der Waals surface area contributed by atoms with Crippen molar-refractivity contribution in [2.24, 2.45) is 0 Å². The van der Waals surface area contributed by atoms with Gasteiger partial charge in [0.2, 0.25) is 10.0 Å². The van der Waals surface area contributed by atoms with E-state index in [2.05, 4.69) is 11.6 Å². The van der Waals surface area contributed by atoms with E-state index in [1.54, 1.807) is 12.1 Å². The van der Waals surface area contributed by atoms with Crippen molar-refractivity contribution in [1.82, 2.24) is 4.31 Å². The molecule has 2 aromatic carbocycles. The molecule has 1 aliphatic rings. The third-order valence-electron chi connectivity index (χ3n) is 4.58. The van der Waals surface area contributed by atoms with Crippen LogP contribution >= 0.6 is 0 Å². The van der Waals surface area contributed by atoms with Crippen molar-refractivity contribution in [2.75, 3.05) is 17.8 Å². The Labute approximate surface area is 161 Å². The highest BCUT2D eigenvalue weighted by Gasteiger charge is 2.27. The fourth-order valence-electron chi connectivity index (χ4n) is 3.11. The van der Waals surface area contributed by atoms with Crippen LogP contribution in [0.3, 0.4) is 0 Å². The zero-order valence-electron chi connectivity index (χ0n) is 15.3. The Morgan fingerprint density at radius 3 is 1.96 bits per heavy atom. The number of nitrogens with zero attached hydrogens (tertiary/aromatic N) is 1. The summed E-state index contributed by atoms with van der Waals surface area (Å²) in [7, 11) is -7.22. The predicted octanol–water partition coefficient (Wildman–Crippen LogP) is 3.22. The highest BCUT2D eigenvalue weighted by molar-refractivity contribution is 7.92. The van der Waals surface area contributed by atoms with Crippen molar-refractivity contribution in [2.45, 2.75) is 42.4 Å². The summed E-state index contributed by atoms with van der Waals surface area (Å²) >= 11 is 0. The second-order valence-corrected chi connectivity index (χ2v) is 10.3. The standard InChI is InChI=1S/C19H24N2O4S2/c1-2-5-16-6-10-18(11-7-16)26(22,23)20-17-8-12-19(13-9-17)27(24,25)21-14-3-4-15-21/h6-13,20H,2-5,14-15H2,1H3. The van der Waals surface area contributed by atoms with Crippen LogP contribution in [-0.4, -0.2) is 34.2 Å². The van der Waals surface area contributed by atoms with E-state index < -0.39 is 20.0 Å². The molecule has 0 saturated carbocycles. The summed E-state index contributed by atoms with van der Waals surface area (Å²) in [4.78, 5) is 0.354. The molecule has 0 bridgehead atoms. The monoisotopic (exact) mass is 408 g/mol. The average Bonchev–Trinajstić information content (AvgIpc) is 3.18. The van der Waals surface area contributed by atoms with Gasteiger partial charge in [0.1, 0.15) is 0 Å². The fourth-order valence-corrected chi connectivity index (χ4v) is 5.69. The topological polar surface area (TPSA) is 83.5 Å². The first-order valence-corrected chi connectivity index (χ1v) is 12.0. The lowest BCUT2D eigenvalue weighted by Gasteiger charge is -2.16. The average molecular weight is 409 g/mol. The molecule has 8 heteroatoms. The van der Waals surface area contributed by atoms with Crippen LogP contribution in [0.15, 0.2) is 58.3 Å². The molecule has 0 spiro atoms. The third kappa shape index (κ3) is 4.51. The smallest absolute Gasteiger partial charge is 0.261 e. The van der Waals surface area contributed by atoms with Crippen molar-refractivity contribution in [3.05, 3.63) is 54.1 Å². The molecule has 0 radical (unpaired) electrons. The lowest BCUT2D eigenvalue weighted by atomic mass is 10.1. The molecule has 0 unspecified atom stereocenters. The molecule has 0 atom stereocenters. The summed E-state index contributed by atoms with van der Waals surface area (Å²) in [6.45, 7) is 3.13. The molecule has 27 heavy (non-hydrogen) atoms. The van der Waals surface area contributed by atoms with Crippen LogP contribution in [0.2, 0.25) is 0 Å². The minimum atomic E-state index is -3.72. The van der Waals surface area contributed by atoms with E-state index in [4.69, 9.17) is 0 Å². The van der Waals surface area contributed by atoms with E-state index in [0.717, 1.165) is 31.2 Å². The predicted molar refractivity (Wildman–Crippen MR) is 106 cm³/mol. The molecule has 0 aliphatic carbocycles. The Bertz CT molecular complexity index is 977. The molecule has 1 heterocycles. The molecule has 6 nitrogen and oxygen atoms in total. The second kappa shape index (κ2) is 8.00. The Morgan fingerprint density at radius 1 is 0.852 bits per heavy atom. The zero-order chi connectivity index (χ0) is 19.5. The Kier molecular flexibility index (Phi) is 5.88. The van der Waals surface area contributed by atoms with E-state index in [0.29, 0.717) is 18.8 Å². The van der Waals surface area contributed by atoms with Gasteiger partial charge in [0.05, 0.1) is 9.79 Å². The van der Waals surface area contributed by atoms with Crippen molar-refractivity contribution in [3.8, 4) is 0 Å². The lowest BCUT2D eigenvalue weighted by Crippen LogP contribution is -2.27. The SMILES string of the molecule is CCCc1ccc(S(=O)(=O)Nc2ccc(S(=O)(=O)N3CCCC3)cc2)cc1. The molecule has 2 aromatic rings. The number of nitrogens with one attached hydrogen (secondary N) is 1. The molecule has 1 N–H and O–H groups in total. The number of benzene rings is 2. The van der Waals surface area contributed by atoms with Gasteiger partial charge in [-0.3, -0.25) is 4.72 Å². The normalized spacial score (nSPS) is 15.7. The Balaban J connectivity index is 1.75. The third-order valence-corrected chi connectivity index (χ3v) is 7.89. The molecule has 1 aliphatic heterocycles. The van der Waals surface area contributed by atoms with Crippen LogP contribution in [0.1, 0.15) is 31.7 Å². The van der Waals surface area contributed by atoms with Crippen LogP contribution < -0.4 is 4.72 Å². The van der Waals surface area contributed by atoms with Gasteiger partial charge in [0, 0.05) is 18.8 Å². The van der Waals surface area contributed by atoms with Gasteiger partial charge in [-0.05, 0) is 61.2 Å². The van der Waals surface area contributed by atoms with Crippen LogP contribution in [0.25, 0.3) is 0 Å². The highest BCUT2D eigenvalue weighted by Crippen LogP contribution is 2.23. The van der Waals surface area contributed by atoms with E-state index in [-0.39, 0.29) is 9.79 Å². The van der Waals surface area contributed by atoms with Crippen LogP contribution in [0.4, 0.5) is 5.69 Å². The maximum Gasteiger partial charge on any atom is 0.261 e. The Hall–Kier alpha value is -1.90. The van der Waals surface area contributed by atoms with Crippen LogP contribution in [0, 0.1) is 0 Å². The zero-order valence-corrected chi connectivity index (χ0v) is 16.9. The molecule has 0 aromatic heterocycles. The minimum absolute atomic E-state index is 0.177. The molecular formula is C19H24N2O4S2. The van der Waals surface area contributed by atoms with Gasteiger partial charge in [-0.2, -0.15) is 4.31 Å². The van der Waals surface area contributed by atoms with E-state index in [1.807, 2.05) is 12.1 Å². The summed E-state index contributed by atoms with van der Waals surface area (Å²) in [6, 6.07) is 12.6. The number of hydrogen-bond acceptors (Lipinski definition) is 4. The van der Waals surface area contributed by atoms with Gasteiger partial charge in [0.15, 0.2) is 0 Å². The number of anilines is 1. The van der Waals surface area contributed by atoms with Gasteiger partial charge < -0.3 is 0 Å². The highest BCUT2D eigenvalue weighted by atomic mass is 32.2. The van der Waals surface area contributed by atoms with Crippen molar-refractivity contribution < 1.29 is 16.8 Å². The minimum Gasteiger partial charge on any atom is -0.280 e. The second-order valence-electron chi connectivity index (χ2n) is 6.64. The first-order valence-electron chi connectivity index (χ1n) is 9.05. The maximum absolute atomic E-state index is 12.5. The fraction of sp³-hybridized carbons (Fsp3) is 0.368. The van der Waals surface area contributed by atoms with Crippen molar-refractivity contribution in [3.63, 3.8) is 0 Å².